The maximum absolute atomic E-state index is 14.0. The van der Waals surface area contributed by atoms with Gasteiger partial charge < -0.3 is 19.7 Å². The Bertz CT molecular complexity index is 1380. The maximum atomic E-state index is 14.0. The highest BCUT2D eigenvalue weighted by Crippen LogP contribution is 2.27. The third-order valence-corrected chi connectivity index (χ3v) is 8.51. The number of rotatable bonds is 14. The van der Waals surface area contributed by atoms with Gasteiger partial charge in [0.25, 0.3) is 10.0 Å². The monoisotopic (exact) mass is 581 g/mol. The molecule has 3 aromatic rings. The summed E-state index contributed by atoms with van der Waals surface area (Å²) in [5, 5.41) is 2.93. The molecular formula is C31H39N3O6S. The van der Waals surface area contributed by atoms with Crippen LogP contribution in [-0.4, -0.2) is 57.5 Å². The first-order chi connectivity index (χ1) is 19.6. The molecule has 220 valence electrons. The van der Waals surface area contributed by atoms with E-state index in [4.69, 9.17) is 9.47 Å². The highest BCUT2D eigenvalue weighted by molar-refractivity contribution is 7.92. The molecule has 2 amide bonds. The van der Waals surface area contributed by atoms with Crippen molar-refractivity contribution in [3.05, 3.63) is 84.4 Å². The molecule has 0 spiro atoms. The first-order valence-corrected chi connectivity index (χ1v) is 15.1. The van der Waals surface area contributed by atoms with Crippen LogP contribution < -0.4 is 19.1 Å². The van der Waals surface area contributed by atoms with Gasteiger partial charge in [-0.3, -0.25) is 13.9 Å². The summed E-state index contributed by atoms with van der Waals surface area (Å²) in [6.45, 7) is 7.39. The molecule has 0 aromatic heterocycles. The number of hydrogen-bond donors (Lipinski definition) is 1. The van der Waals surface area contributed by atoms with Crippen LogP contribution in [0.25, 0.3) is 0 Å². The minimum Gasteiger partial charge on any atom is -0.497 e. The Morgan fingerprint density at radius 3 is 2.05 bits per heavy atom. The average molecular weight is 582 g/mol. The number of ether oxygens (including phenoxy) is 2. The van der Waals surface area contributed by atoms with E-state index in [1.54, 1.807) is 68.6 Å². The van der Waals surface area contributed by atoms with Gasteiger partial charge in [-0.15, -0.1) is 0 Å². The van der Waals surface area contributed by atoms with Gasteiger partial charge in [-0.1, -0.05) is 37.3 Å². The minimum atomic E-state index is -4.13. The third kappa shape index (κ3) is 8.23. The van der Waals surface area contributed by atoms with Gasteiger partial charge in [0, 0.05) is 12.6 Å². The van der Waals surface area contributed by atoms with Crippen molar-refractivity contribution in [3.8, 4) is 11.5 Å². The van der Waals surface area contributed by atoms with E-state index in [-0.39, 0.29) is 23.4 Å². The molecular weight excluding hydrogens is 542 g/mol. The Labute approximate surface area is 243 Å². The Kier molecular flexibility index (Phi) is 11.2. The molecule has 10 heteroatoms. The number of carbonyl (C=O) groups excluding carboxylic acids is 2. The molecule has 0 aliphatic heterocycles. The van der Waals surface area contributed by atoms with E-state index in [1.165, 1.54) is 17.0 Å². The van der Waals surface area contributed by atoms with Crippen LogP contribution in [-0.2, 0) is 26.2 Å². The number of sulfonamides is 1. The van der Waals surface area contributed by atoms with E-state index in [1.807, 2.05) is 32.9 Å². The van der Waals surface area contributed by atoms with E-state index in [9.17, 15) is 18.0 Å². The van der Waals surface area contributed by atoms with Crippen molar-refractivity contribution in [1.29, 1.82) is 0 Å². The van der Waals surface area contributed by atoms with Gasteiger partial charge in [0.15, 0.2) is 0 Å². The van der Waals surface area contributed by atoms with Crippen LogP contribution >= 0.6 is 0 Å². The fourth-order valence-corrected chi connectivity index (χ4v) is 5.53. The largest absolute Gasteiger partial charge is 0.497 e. The fraction of sp³-hybridized carbons (Fsp3) is 0.355. The predicted octanol–water partition coefficient (Wildman–Crippen LogP) is 4.62. The van der Waals surface area contributed by atoms with Crippen LogP contribution in [0.1, 0.15) is 39.7 Å². The number of carbonyl (C=O) groups is 2. The van der Waals surface area contributed by atoms with E-state index in [0.29, 0.717) is 23.8 Å². The highest BCUT2D eigenvalue weighted by atomic mass is 32.2. The smallest absolute Gasteiger partial charge is 0.264 e. The Morgan fingerprint density at radius 2 is 1.49 bits per heavy atom. The number of anilines is 1. The van der Waals surface area contributed by atoms with E-state index in [0.717, 1.165) is 16.3 Å². The van der Waals surface area contributed by atoms with E-state index in [2.05, 4.69) is 5.32 Å². The molecule has 3 aromatic carbocycles. The number of benzene rings is 3. The van der Waals surface area contributed by atoms with Crippen LogP contribution in [0, 0.1) is 0 Å². The van der Waals surface area contributed by atoms with Gasteiger partial charge in [-0.2, -0.15) is 0 Å². The summed E-state index contributed by atoms with van der Waals surface area (Å²) in [5.41, 5.74) is 1.06. The van der Waals surface area contributed by atoms with Gasteiger partial charge >= 0.3 is 0 Å². The summed E-state index contributed by atoms with van der Waals surface area (Å²) in [7, 11) is -2.57. The van der Waals surface area contributed by atoms with Crippen molar-refractivity contribution in [2.45, 2.75) is 57.6 Å². The number of nitrogens with one attached hydrogen (secondary N) is 1. The molecule has 41 heavy (non-hydrogen) atoms. The molecule has 0 saturated carbocycles. The second-order valence-electron chi connectivity index (χ2n) is 9.62. The van der Waals surface area contributed by atoms with Crippen molar-refractivity contribution in [2.24, 2.45) is 0 Å². The minimum absolute atomic E-state index is 0.0472. The summed E-state index contributed by atoms with van der Waals surface area (Å²) < 4.78 is 39.5. The van der Waals surface area contributed by atoms with Crippen LogP contribution in [0.15, 0.2) is 83.8 Å². The zero-order chi connectivity index (χ0) is 30.0. The number of hydrogen-bond acceptors (Lipinski definition) is 6. The summed E-state index contributed by atoms with van der Waals surface area (Å²) in [5.74, 6) is 0.390. The Morgan fingerprint density at radius 1 is 0.878 bits per heavy atom. The number of nitrogens with zero attached hydrogens (tertiary/aromatic N) is 2. The van der Waals surface area contributed by atoms with Crippen molar-refractivity contribution in [2.75, 3.05) is 24.6 Å². The lowest BCUT2D eigenvalue weighted by molar-refractivity contribution is -0.139. The van der Waals surface area contributed by atoms with Crippen LogP contribution in [0.4, 0.5) is 5.69 Å². The zero-order valence-electron chi connectivity index (χ0n) is 24.2. The van der Waals surface area contributed by atoms with Gasteiger partial charge in [0.1, 0.15) is 24.1 Å². The van der Waals surface area contributed by atoms with Crippen LogP contribution in [0.3, 0.4) is 0 Å². The first kappa shape index (κ1) is 31.5. The first-order valence-electron chi connectivity index (χ1n) is 13.6. The van der Waals surface area contributed by atoms with Crippen molar-refractivity contribution < 1.29 is 27.5 Å². The van der Waals surface area contributed by atoms with Gasteiger partial charge in [0.2, 0.25) is 11.8 Å². The van der Waals surface area contributed by atoms with Crippen LogP contribution in [0.5, 0.6) is 11.5 Å². The molecule has 0 fully saturated rings. The lowest BCUT2D eigenvalue weighted by atomic mass is 10.1. The molecule has 1 N–H and O–H groups in total. The topological polar surface area (TPSA) is 105 Å². The molecule has 2 atom stereocenters. The van der Waals surface area contributed by atoms with E-state index >= 15 is 0 Å². The van der Waals surface area contributed by atoms with Gasteiger partial charge in [0.05, 0.1) is 24.3 Å². The number of amides is 2. The second-order valence-corrected chi connectivity index (χ2v) is 11.5. The zero-order valence-corrected chi connectivity index (χ0v) is 25.1. The standard InChI is InChI=1S/C31H39N3O6S/c1-6-23(3)32-31(36)24(4)33(21-25-13-17-27(39-5)18-14-25)30(35)22-34(26-15-19-28(20-16-26)40-7-2)41(37,38)29-11-9-8-10-12-29/h8-20,23-24H,6-7,21-22H2,1-5H3,(H,32,36). The van der Waals surface area contributed by atoms with Crippen LogP contribution in [0.2, 0.25) is 0 Å². The molecule has 2 unspecified atom stereocenters. The molecule has 0 saturated heterocycles. The molecule has 0 radical (unpaired) electrons. The maximum Gasteiger partial charge on any atom is 0.264 e. The molecule has 3 rings (SSSR count). The molecule has 0 heterocycles. The fourth-order valence-electron chi connectivity index (χ4n) is 4.10. The SMILES string of the molecule is CCOc1ccc(N(CC(=O)N(Cc2ccc(OC)cc2)C(C)C(=O)NC(C)CC)S(=O)(=O)c2ccccc2)cc1. The summed E-state index contributed by atoms with van der Waals surface area (Å²) >= 11 is 0. The Hall–Kier alpha value is -4.05. The highest BCUT2D eigenvalue weighted by Gasteiger charge is 2.32. The molecule has 0 aliphatic carbocycles. The second kappa shape index (κ2) is 14.5. The normalized spacial score (nSPS) is 12.6. The lowest BCUT2D eigenvalue weighted by Crippen LogP contribution is -2.52. The van der Waals surface area contributed by atoms with Gasteiger partial charge in [-0.25, -0.2) is 8.42 Å². The van der Waals surface area contributed by atoms with E-state index < -0.39 is 28.5 Å². The quantitative estimate of drug-likeness (QED) is 0.298. The Balaban J connectivity index is 2.01. The molecule has 9 nitrogen and oxygen atoms in total. The van der Waals surface area contributed by atoms with Gasteiger partial charge in [-0.05, 0) is 81.3 Å². The third-order valence-electron chi connectivity index (χ3n) is 6.73. The lowest BCUT2D eigenvalue weighted by Gasteiger charge is -2.32. The average Bonchev–Trinajstić information content (AvgIpc) is 2.99. The number of methoxy groups -OCH3 is 1. The van der Waals surface area contributed by atoms with Crippen molar-refractivity contribution >= 4 is 27.5 Å². The molecule has 0 aliphatic rings. The predicted molar refractivity (Wildman–Crippen MR) is 159 cm³/mol. The van der Waals surface area contributed by atoms with Crippen molar-refractivity contribution in [1.82, 2.24) is 10.2 Å². The summed E-state index contributed by atoms with van der Waals surface area (Å²) in [4.78, 5) is 28.6. The molecule has 0 bridgehead atoms. The summed E-state index contributed by atoms with van der Waals surface area (Å²) in [6, 6.07) is 20.7. The summed E-state index contributed by atoms with van der Waals surface area (Å²) in [6.07, 6.45) is 0.728. The van der Waals surface area contributed by atoms with Crippen molar-refractivity contribution in [3.63, 3.8) is 0 Å².